The first-order chi connectivity index (χ1) is 14.0. The Kier molecular flexibility index (Phi) is 5.38. The fourth-order valence-electron chi connectivity index (χ4n) is 2.72. The minimum Gasteiger partial charge on any atom is -0.449 e. The molecule has 0 spiro atoms. The van der Waals surface area contributed by atoms with Crippen molar-refractivity contribution in [1.82, 2.24) is 0 Å². The number of carbonyl (C=O) groups is 1. The molecule has 0 saturated carbocycles. The van der Waals surface area contributed by atoms with Crippen molar-refractivity contribution in [3.63, 3.8) is 0 Å². The standard InChI is InChI=1S/C22H12BrClO5/c23-18-11-10-17(27-18)21-22(20(26)14-6-2-4-8-16(14)28-21)29-19(25)12-9-13-5-1-3-7-15(13)24/h1-12H. The topological polar surface area (TPSA) is 69.7 Å². The summed E-state index contributed by atoms with van der Waals surface area (Å²) in [6.45, 7) is 0. The van der Waals surface area contributed by atoms with Crippen LogP contribution in [-0.4, -0.2) is 5.97 Å². The van der Waals surface area contributed by atoms with Gasteiger partial charge in [-0.25, -0.2) is 4.79 Å². The van der Waals surface area contributed by atoms with Crippen molar-refractivity contribution >= 4 is 50.5 Å². The van der Waals surface area contributed by atoms with Crippen molar-refractivity contribution < 1.29 is 18.4 Å². The number of furan rings is 1. The molecule has 2 heterocycles. The summed E-state index contributed by atoms with van der Waals surface area (Å²) < 4.78 is 17.1. The van der Waals surface area contributed by atoms with Crippen LogP contribution in [0, 0.1) is 0 Å². The molecule has 2 aromatic heterocycles. The van der Waals surface area contributed by atoms with Crippen LogP contribution in [0.3, 0.4) is 0 Å². The molecule has 0 unspecified atom stereocenters. The van der Waals surface area contributed by atoms with E-state index in [1.165, 1.54) is 12.2 Å². The summed E-state index contributed by atoms with van der Waals surface area (Å²) in [6, 6.07) is 17.0. The second kappa shape index (κ2) is 8.11. The van der Waals surface area contributed by atoms with E-state index in [1.807, 2.05) is 0 Å². The molecule has 0 fully saturated rings. The fraction of sp³-hybridized carbons (Fsp3) is 0. The summed E-state index contributed by atoms with van der Waals surface area (Å²) in [6.07, 6.45) is 2.70. The number of fused-ring (bicyclic) bond motifs is 1. The molecule has 4 aromatic rings. The Morgan fingerprint density at radius 3 is 2.52 bits per heavy atom. The predicted molar refractivity (Wildman–Crippen MR) is 114 cm³/mol. The first-order valence-electron chi connectivity index (χ1n) is 8.49. The second-order valence-electron chi connectivity index (χ2n) is 5.97. The number of esters is 1. The molecule has 0 radical (unpaired) electrons. The lowest BCUT2D eigenvalue weighted by Crippen LogP contribution is -2.14. The van der Waals surface area contributed by atoms with Gasteiger partial charge in [0.2, 0.25) is 16.9 Å². The summed E-state index contributed by atoms with van der Waals surface area (Å²) in [5, 5.41) is 0.780. The third kappa shape index (κ3) is 4.04. The molecule has 144 valence electrons. The minimum atomic E-state index is -0.751. The zero-order valence-electron chi connectivity index (χ0n) is 14.7. The highest BCUT2D eigenvalue weighted by atomic mass is 79.9. The molecule has 0 aliphatic heterocycles. The minimum absolute atomic E-state index is 0.0268. The number of hydrogen-bond acceptors (Lipinski definition) is 5. The van der Waals surface area contributed by atoms with Crippen LogP contribution in [0.1, 0.15) is 5.56 Å². The highest BCUT2D eigenvalue weighted by Crippen LogP contribution is 2.33. The monoisotopic (exact) mass is 470 g/mol. The van der Waals surface area contributed by atoms with Crippen LogP contribution >= 0.6 is 27.5 Å². The van der Waals surface area contributed by atoms with Gasteiger partial charge in [-0.2, -0.15) is 0 Å². The Bertz CT molecular complexity index is 1300. The van der Waals surface area contributed by atoms with E-state index in [9.17, 15) is 9.59 Å². The highest BCUT2D eigenvalue weighted by Gasteiger charge is 2.22. The quantitative estimate of drug-likeness (QED) is 0.266. The third-order valence-electron chi connectivity index (χ3n) is 4.06. The van der Waals surface area contributed by atoms with E-state index >= 15 is 0 Å². The number of halogens is 2. The Morgan fingerprint density at radius 1 is 1.00 bits per heavy atom. The average Bonchev–Trinajstić information content (AvgIpc) is 3.15. The lowest BCUT2D eigenvalue weighted by atomic mass is 10.2. The first kappa shape index (κ1) is 19.2. The average molecular weight is 472 g/mol. The number of benzene rings is 2. The van der Waals surface area contributed by atoms with E-state index in [0.717, 1.165) is 0 Å². The van der Waals surface area contributed by atoms with Gasteiger partial charge in [0, 0.05) is 11.1 Å². The predicted octanol–water partition coefficient (Wildman–Crippen LogP) is 6.09. The van der Waals surface area contributed by atoms with Gasteiger partial charge in [0.1, 0.15) is 5.58 Å². The van der Waals surface area contributed by atoms with E-state index in [2.05, 4.69) is 15.9 Å². The molecule has 5 nitrogen and oxygen atoms in total. The third-order valence-corrected chi connectivity index (χ3v) is 4.83. The fourth-order valence-corrected chi connectivity index (χ4v) is 3.22. The largest absolute Gasteiger partial charge is 0.449 e. The van der Waals surface area contributed by atoms with Crippen molar-refractivity contribution in [3.05, 3.63) is 92.2 Å². The second-order valence-corrected chi connectivity index (χ2v) is 7.15. The van der Waals surface area contributed by atoms with Gasteiger partial charge in [-0.3, -0.25) is 4.79 Å². The summed E-state index contributed by atoms with van der Waals surface area (Å²) in [5.41, 5.74) is 0.521. The summed E-state index contributed by atoms with van der Waals surface area (Å²) in [4.78, 5) is 25.4. The lowest BCUT2D eigenvalue weighted by Gasteiger charge is -2.07. The molecule has 0 saturated heterocycles. The van der Waals surface area contributed by atoms with Gasteiger partial charge in [-0.05, 0) is 57.9 Å². The summed E-state index contributed by atoms with van der Waals surface area (Å²) in [5.74, 6) is -0.727. The van der Waals surface area contributed by atoms with Crippen molar-refractivity contribution in [2.75, 3.05) is 0 Å². The maximum atomic E-state index is 13.0. The van der Waals surface area contributed by atoms with Crippen LogP contribution in [-0.2, 0) is 4.79 Å². The molecule has 0 amide bonds. The molecule has 2 aromatic carbocycles. The maximum Gasteiger partial charge on any atom is 0.336 e. The van der Waals surface area contributed by atoms with Gasteiger partial charge in [-0.15, -0.1) is 0 Å². The van der Waals surface area contributed by atoms with Crippen LogP contribution < -0.4 is 10.2 Å². The van der Waals surface area contributed by atoms with Gasteiger partial charge >= 0.3 is 5.97 Å². The Balaban J connectivity index is 1.76. The van der Waals surface area contributed by atoms with E-state index in [4.69, 9.17) is 25.2 Å². The maximum absolute atomic E-state index is 13.0. The van der Waals surface area contributed by atoms with Gasteiger partial charge in [0.15, 0.2) is 10.4 Å². The molecule has 4 rings (SSSR count). The number of ether oxygens (including phenoxy) is 1. The Labute approximate surface area is 178 Å². The van der Waals surface area contributed by atoms with Gasteiger partial charge < -0.3 is 13.6 Å². The van der Waals surface area contributed by atoms with Crippen LogP contribution in [0.25, 0.3) is 28.6 Å². The molecular weight excluding hydrogens is 460 g/mol. The van der Waals surface area contributed by atoms with E-state index < -0.39 is 11.4 Å². The van der Waals surface area contributed by atoms with Crippen molar-refractivity contribution in [2.45, 2.75) is 0 Å². The van der Waals surface area contributed by atoms with Crippen LogP contribution in [0.2, 0.25) is 5.02 Å². The lowest BCUT2D eigenvalue weighted by molar-refractivity contribution is -0.129. The zero-order chi connectivity index (χ0) is 20.4. The molecule has 0 aliphatic carbocycles. The Morgan fingerprint density at radius 2 is 1.76 bits per heavy atom. The molecular formula is C22H12BrClO5. The molecule has 0 N–H and O–H groups in total. The van der Waals surface area contributed by atoms with Crippen LogP contribution in [0.4, 0.5) is 0 Å². The van der Waals surface area contributed by atoms with Crippen LogP contribution in [0.5, 0.6) is 5.75 Å². The SMILES string of the molecule is O=C(C=Cc1ccccc1Cl)Oc1c(-c2ccc(Br)o2)oc2ccccc2c1=O. The number of rotatable bonds is 4. The molecule has 0 bridgehead atoms. The number of para-hydroxylation sites is 1. The molecule has 7 heteroatoms. The highest BCUT2D eigenvalue weighted by molar-refractivity contribution is 9.10. The van der Waals surface area contributed by atoms with E-state index in [-0.39, 0.29) is 17.3 Å². The van der Waals surface area contributed by atoms with Crippen LogP contribution in [0.15, 0.2) is 85.0 Å². The summed E-state index contributed by atoms with van der Waals surface area (Å²) >= 11 is 9.29. The molecule has 29 heavy (non-hydrogen) atoms. The normalized spacial score (nSPS) is 11.2. The smallest absolute Gasteiger partial charge is 0.336 e. The van der Waals surface area contributed by atoms with E-state index in [1.54, 1.807) is 60.7 Å². The van der Waals surface area contributed by atoms with Gasteiger partial charge in [-0.1, -0.05) is 41.9 Å². The number of hydrogen-bond donors (Lipinski definition) is 0. The van der Waals surface area contributed by atoms with Gasteiger partial charge in [0.25, 0.3) is 0 Å². The molecule has 0 aliphatic rings. The van der Waals surface area contributed by atoms with Crippen molar-refractivity contribution in [1.29, 1.82) is 0 Å². The zero-order valence-corrected chi connectivity index (χ0v) is 17.1. The Hall–Kier alpha value is -3.09. The number of carbonyl (C=O) groups excluding carboxylic acids is 1. The van der Waals surface area contributed by atoms with Crippen molar-refractivity contribution in [2.24, 2.45) is 0 Å². The molecule has 0 atom stereocenters. The first-order valence-corrected chi connectivity index (χ1v) is 9.66. The van der Waals surface area contributed by atoms with E-state index in [0.29, 0.717) is 26.2 Å². The summed E-state index contributed by atoms with van der Waals surface area (Å²) in [7, 11) is 0. The van der Waals surface area contributed by atoms with Gasteiger partial charge in [0.05, 0.1) is 5.39 Å². The van der Waals surface area contributed by atoms with Crippen molar-refractivity contribution in [3.8, 4) is 17.3 Å².